The molecule has 0 saturated carbocycles. The Morgan fingerprint density at radius 1 is 1.03 bits per heavy atom. The number of benzene rings is 2. The van der Waals surface area contributed by atoms with Crippen LogP contribution < -0.4 is 14.4 Å². The quantitative estimate of drug-likeness (QED) is 0.581. The van der Waals surface area contributed by atoms with E-state index in [4.69, 9.17) is 4.74 Å². The largest absolute Gasteiger partial charge is 0.481 e. The molecule has 0 fully saturated rings. The van der Waals surface area contributed by atoms with Crippen LogP contribution >= 0.6 is 0 Å². The molecule has 0 saturated heterocycles. The Morgan fingerprint density at radius 3 is 2.17 bits per heavy atom. The molecule has 0 bridgehead atoms. The summed E-state index contributed by atoms with van der Waals surface area (Å²) in [7, 11) is -1.83. The highest BCUT2D eigenvalue weighted by Crippen LogP contribution is 2.21. The van der Waals surface area contributed by atoms with Crippen molar-refractivity contribution >= 4 is 21.6 Å². The van der Waals surface area contributed by atoms with Crippen LogP contribution in [-0.4, -0.2) is 40.3 Å². The molecule has 164 valence electrons. The van der Waals surface area contributed by atoms with Crippen LogP contribution in [0.25, 0.3) is 0 Å². The van der Waals surface area contributed by atoms with Gasteiger partial charge in [0.05, 0.1) is 11.9 Å². The predicted molar refractivity (Wildman–Crippen MR) is 122 cm³/mol. The molecule has 2 aromatic rings. The van der Waals surface area contributed by atoms with Crippen LogP contribution in [0.15, 0.2) is 48.5 Å². The van der Waals surface area contributed by atoms with Gasteiger partial charge in [0.1, 0.15) is 5.75 Å². The van der Waals surface area contributed by atoms with Crippen molar-refractivity contribution in [3.63, 3.8) is 0 Å². The van der Waals surface area contributed by atoms with E-state index in [1.165, 1.54) is 22.5 Å². The molecule has 0 unspecified atom stereocenters. The minimum Gasteiger partial charge on any atom is -0.481 e. The Hall–Kier alpha value is -2.54. The van der Waals surface area contributed by atoms with Crippen molar-refractivity contribution in [3.8, 4) is 5.75 Å². The summed E-state index contributed by atoms with van der Waals surface area (Å²) in [6.07, 6.45) is 2.26. The first-order valence-electron chi connectivity index (χ1n) is 10.1. The third-order valence-electron chi connectivity index (χ3n) is 4.97. The van der Waals surface area contributed by atoms with Crippen molar-refractivity contribution in [2.75, 3.05) is 24.2 Å². The number of sulfonamides is 1. The van der Waals surface area contributed by atoms with E-state index in [0.29, 0.717) is 23.9 Å². The third kappa shape index (κ3) is 7.06. The Morgan fingerprint density at radius 2 is 1.63 bits per heavy atom. The van der Waals surface area contributed by atoms with E-state index in [0.717, 1.165) is 19.1 Å². The van der Waals surface area contributed by atoms with Gasteiger partial charge in [0.15, 0.2) is 6.10 Å². The molecule has 6 nitrogen and oxygen atoms in total. The van der Waals surface area contributed by atoms with Crippen LogP contribution in [-0.2, 0) is 21.2 Å². The van der Waals surface area contributed by atoms with Gasteiger partial charge in [-0.3, -0.25) is 9.10 Å². The second-order valence-corrected chi connectivity index (χ2v) is 9.79. The first kappa shape index (κ1) is 23.7. The minimum atomic E-state index is -3.32. The summed E-state index contributed by atoms with van der Waals surface area (Å²) in [5.74, 6) is 0.854. The van der Waals surface area contributed by atoms with Crippen molar-refractivity contribution in [3.05, 3.63) is 59.7 Å². The molecule has 1 amide bonds. The van der Waals surface area contributed by atoms with Crippen LogP contribution in [0.3, 0.4) is 0 Å². The molecule has 0 aliphatic heterocycles. The molecule has 2 aromatic carbocycles. The lowest BCUT2D eigenvalue weighted by Crippen LogP contribution is -2.36. The van der Waals surface area contributed by atoms with E-state index in [2.05, 4.69) is 43.4 Å². The van der Waals surface area contributed by atoms with Crippen LogP contribution in [0.5, 0.6) is 5.75 Å². The topological polar surface area (TPSA) is 75.7 Å². The number of nitrogens with one attached hydrogen (secondary N) is 1. The zero-order valence-electron chi connectivity index (χ0n) is 18.4. The fourth-order valence-corrected chi connectivity index (χ4v) is 3.41. The van der Waals surface area contributed by atoms with Crippen molar-refractivity contribution in [2.45, 2.75) is 45.6 Å². The molecule has 0 heterocycles. The summed E-state index contributed by atoms with van der Waals surface area (Å²) < 4.78 is 30.0. The van der Waals surface area contributed by atoms with Crippen molar-refractivity contribution in [1.29, 1.82) is 0 Å². The van der Waals surface area contributed by atoms with Crippen LogP contribution in [0.4, 0.5) is 5.69 Å². The second kappa shape index (κ2) is 10.5. The SMILES string of the molecule is CC(C)c1ccc(CCCNC(=O)[C@H](C)Oc2ccc(N(C)S(C)(=O)=O)cc2)cc1. The van der Waals surface area contributed by atoms with Gasteiger partial charge in [-0.05, 0) is 61.1 Å². The van der Waals surface area contributed by atoms with Crippen molar-refractivity contribution in [1.82, 2.24) is 5.32 Å². The number of aryl methyl sites for hydroxylation is 1. The molecule has 1 N–H and O–H groups in total. The Bertz CT molecular complexity index is 923. The van der Waals surface area contributed by atoms with E-state index in [1.54, 1.807) is 31.2 Å². The van der Waals surface area contributed by atoms with E-state index in [-0.39, 0.29) is 5.91 Å². The summed E-state index contributed by atoms with van der Waals surface area (Å²) in [6.45, 7) is 6.62. The van der Waals surface area contributed by atoms with E-state index in [9.17, 15) is 13.2 Å². The van der Waals surface area contributed by atoms with Gasteiger partial charge < -0.3 is 10.1 Å². The average Bonchev–Trinajstić information content (AvgIpc) is 2.70. The smallest absolute Gasteiger partial charge is 0.260 e. The summed E-state index contributed by atoms with van der Waals surface area (Å²) in [6, 6.07) is 15.2. The number of rotatable bonds is 10. The number of carbonyl (C=O) groups is 1. The molecule has 0 radical (unpaired) electrons. The molecule has 0 aliphatic rings. The Labute approximate surface area is 180 Å². The van der Waals surface area contributed by atoms with Gasteiger partial charge in [-0.25, -0.2) is 8.42 Å². The minimum absolute atomic E-state index is 0.178. The predicted octanol–water partition coefficient (Wildman–Crippen LogP) is 3.72. The van der Waals surface area contributed by atoms with Gasteiger partial charge in [0.25, 0.3) is 5.91 Å². The van der Waals surface area contributed by atoms with Gasteiger partial charge in [-0.15, -0.1) is 0 Å². The summed E-state index contributed by atoms with van der Waals surface area (Å²) in [4.78, 5) is 12.3. The van der Waals surface area contributed by atoms with Crippen LogP contribution in [0.2, 0.25) is 0 Å². The van der Waals surface area contributed by atoms with Gasteiger partial charge in [0, 0.05) is 13.6 Å². The highest BCUT2D eigenvalue weighted by Gasteiger charge is 2.15. The molecular weight excluding hydrogens is 400 g/mol. The highest BCUT2D eigenvalue weighted by molar-refractivity contribution is 7.92. The zero-order chi connectivity index (χ0) is 22.3. The summed E-state index contributed by atoms with van der Waals surface area (Å²) in [5.41, 5.74) is 3.12. The van der Waals surface area contributed by atoms with Crippen LogP contribution in [0.1, 0.15) is 44.2 Å². The number of carbonyl (C=O) groups excluding carboxylic acids is 1. The van der Waals surface area contributed by atoms with Gasteiger partial charge in [-0.1, -0.05) is 38.1 Å². The van der Waals surface area contributed by atoms with Gasteiger partial charge in [-0.2, -0.15) is 0 Å². The standard InChI is InChI=1S/C23H32N2O4S/c1-17(2)20-10-8-19(9-11-20)7-6-16-24-23(26)18(3)29-22-14-12-21(13-15-22)25(4)30(5,27)28/h8-15,17-18H,6-7,16H2,1-5H3,(H,24,26)/t18-/m0/s1. The van der Waals surface area contributed by atoms with Gasteiger partial charge >= 0.3 is 0 Å². The maximum Gasteiger partial charge on any atom is 0.260 e. The Balaban J connectivity index is 1.76. The molecule has 0 aliphatic carbocycles. The Kier molecular flexibility index (Phi) is 8.29. The van der Waals surface area contributed by atoms with Crippen molar-refractivity contribution < 1.29 is 17.9 Å². The third-order valence-corrected chi connectivity index (χ3v) is 6.17. The number of ether oxygens (including phenoxy) is 1. The van der Waals surface area contributed by atoms with E-state index < -0.39 is 16.1 Å². The zero-order valence-corrected chi connectivity index (χ0v) is 19.2. The summed E-state index contributed by atoms with van der Waals surface area (Å²) in [5, 5.41) is 2.90. The number of nitrogens with zero attached hydrogens (tertiary/aromatic N) is 1. The normalized spacial score (nSPS) is 12.5. The molecule has 0 aromatic heterocycles. The molecule has 2 rings (SSSR count). The fraction of sp³-hybridized carbons (Fsp3) is 0.435. The van der Waals surface area contributed by atoms with E-state index >= 15 is 0 Å². The number of hydrogen-bond donors (Lipinski definition) is 1. The number of amides is 1. The lowest BCUT2D eigenvalue weighted by molar-refractivity contribution is -0.127. The molecule has 30 heavy (non-hydrogen) atoms. The lowest BCUT2D eigenvalue weighted by atomic mass is 10.0. The van der Waals surface area contributed by atoms with E-state index in [1.807, 2.05) is 0 Å². The first-order valence-corrected chi connectivity index (χ1v) is 12.0. The second-order valence-electron chi connectivity index (χ2n) is 7.78. The molecular formula is C23H32N2O4S. The maximum absolute atomic E-state index is 12.3. The molecule has 7 heteroatoms. The van der Waals surface area contributed by atoms with Crippen LogP contribution in [0, 0.1) is 0 Å². The maximum atomic E-state index is 12.3. The summed E-state index contributed by atoms with van der Waals surface area (Å²) >= 11 is 0. The number of anilines is 1. The highest BCUT2D eigenvalue weighted by atomic mass is 32.2. The lowest BCUT2D eigenvalue weighted by Gasteiger charge is -2.18. The molecule has 1 atom stereocenters. The first-order chi connectivity index (χ1) is 14.1. The van der Waals surface area contributed by atoms with Gasteiger partial charge in [0.2, 0.25) is 10.0 Å². The molecule has 0 spiro atoms. The fourth-order valence-electron chi connectivity index (χ4n) is 2.90. The van der Waals surface area contributed by atoms with Crippen molar-refractivity contribution in [2.24, 2.45) is 0 Å². The monoisotopic (exact) mass is 432 g/mol. The average molecular weight is 433 g/mol. The number of hydrogen-bond acceptors (Lipinski definition) is 4.